The van der Waals surface area contributed by atoms with Gasteiger partial charge in [0.05, 0.1) is 23.9 Å². The number of carbonyl (C=O) groups excluding carboxylic acids is 1. The molecular formula is C17H22N4O4. The number of rotatable bonds is 8. The smallest absolute Gasteiger partial charge is 0.305 e. The van der Waals surface area contributed by atoms with Crippen molar-refractivity contribution in [1.82, 2.24) is 20.3 Å². The predicted octanol–water partition coefficient (Wildman–Crippen LogP) is 1.82. The Labute approximate surface area is 145 Å². The van der Waals surface area contributed by atoms with Gasteiger partial charge in [-0.15, -0.1) is 5.10 Å². The molecule has 2 N–H and O–H groups in total. The van der Waals surface area contributed by atoms with Crippen LogP contribution in [0.4, 0.5) is 0 Å². The number of hydrogen-bond acceptors (Lipinski definition) is 5. The molecule has 1 amide bonds. The van der Waals surface area contributed by atoms with Crippen LogP contribution >= 0.6 is 0 Å². The van der Waals surface area contributed by atoms with E-state index in [1.807, 2.05) is 45.0 Å². The molecule has 0 saturated carbocycles. The van der Waals surface area contributed by atoms with Crippen LogP contribution in [0.1, 0.15) is 43.4 Å². The van der Waals surface area contributed by atoms with E-state index in [0.717, 1.165) is 11.4 Å². The summed E-state index contributed by atoms with van der Waals surface area (Å²) in [4.78, 5) is 22.7. The van der Waals surface area contributed by atoms with Crippen LogP contribution < -0.4 is 10.1 Å². The SMILES string of the molecule is CCc1c(C(=O)NCCC(=O)O)nnn1-c1ccc(OC(C)C)cc1. The van der Waals surface area contributed by atoms with Gasteiger partial charge in [0.2, 0.25) is 0 Å². The molecule has 0 spiro atoms. The standard InChI is InChI=1S/C17H22N4O4/c1-4-14-16(17(24)18-10-9-15(22)23)19-20-21(14)12-5-7-13(8-6-12)25-11(2)3/h5-8,11H,4,9-10H2,1-3H3,(H,18,24)(H,22,23). The van der Waals surface area contributed by atoms with E-state index in [1.54, 1.807) is 4.68 Å². The minimum atomic E-state index is -0.969. The summed E-state index contributed by atoms with van der Waals surface area (Å²) in [6.07, 6.45) is 0.502. The van der Waals surface area contributed by atoms with Gasteiger partial charge in [-0.2, -0.15) is 0 Å². The minimum Gasteiger partial charge on any atom is -0.491 e. The van der Waals surface area contributed by atoms with E-state index in [1.165, 1.54) is 0 Å². The molecule has 2 rings (SSSR count). The number of aromatic nitrogens is 3. The lowest BCUT2D eigenvalue weighted by Crippen LogP contribution is -2.27. The van der Waals surface area contributed by atoms with E-state index in [0.29, 0.717) is 12.1 Å². The fourth-order valence-corrected chi connectivity index (χ4v) is 2.31. The van der Waals surface area contributed by atoms with Gasteiger partial charge in [-0.05, 0) is 44.5 Å². The van der Waals surface area contributed by atoms with E-state index in [4.69, 9.17) is 9.84 Å². The summed E-state index contributed by atoms with van der Waals surface area (Å²) < 4.78 is 7.21. The van der Waals surface area contributed by atoms with Crippen LogP contribution in [-0.4, -0.2) is 44.6 Å². The van der Waals surface area contributed by atoms with Crippen molar-refractivity contribution in [3.05, 3.63) is 35.7 Å². The molecule has 1 aromatic heterocycles. The maximum atomic E-state index is 12.2. The Morgan fingerprint density at radius 1 is 1.28 bits per heavy atom. The lowest BCUT2D eigenvalue weighted by atomic mass is 10.2. The van der Waals surface area contributed by atoms with Crippen LogP contribution in [0.25, 0.3) is 5.69 Å². The molecule has 0 bridgehead atoms. The molecule has 0 fully saturated rings. The molecule has 0 unspecified atom stereocenters. The molecule has 1 aromatic carbocycles. The van der Waals surface area contributed by atoms with Crippen molar-refractivity contribution in [3.63, 3.8) is 0 Å². The van der Waals surface area contributed by atoms with Crippen molar-refractivity contribution in [2.75, 3.05) is 6.54 Å². The van der Waals surface area contributed by atoms with Crippen LogP contribution in [-0.2, 0) is 11.2 Å². The van der Waals surface area contributed by atoms with E-state index in [9.17, 15) is 9.59 Å². The third kappa shape index (κ3) is 4.79. The van der Waals surface area contributed by atoms with E-state index in [-0.39, 0.29) is 24.8 Å². The molecule has 0 saturated heterocycles. The van der Waals surface area contributed by atoms with Gasteiger partial charge in [-0.3, -0.25) is 9.59 Å². The average Bonchev–Trinajstić information content (AvgIpc) is 2.98. The van der Waals surface area contributed by atoms with E-state index >= 15 is 0 Å². The Balaban J connectivity index is 2.18. The Hall–Kier alpha value is -2.90. The number of carboxylic acids is 1. The van der Waals surface area contributed by atoms with Gasteiger partial charge in [-0.1, -0.05) is 12.1 Å². The van der Waals surface area contributed by atoms with Crippen LogP contribution in [0, 0.1) is 0 Å². The highest BCUT2D eigenvalue weighted by Crippen LogP contribution is 2.18. The molecule has 134 valence electrons. The van der Waals surface area contributed by atoms with Crippen LogP contribution in [0.15, 0.2) is 24.3 Å². The van der Waals surface area contributed by atoms with Gasteiger partial charge < -0.3 is 15.2 Å². The summed E-state index contributed by atoms with van der Waals surface area (Å²) in [5.74, 6) is -0.643. The first-order valence-corrected chi connectivity index (χ1v) is 8.14. The Morgan fingerprint density at radius 3 is 2.52 bits per heavy atom. The molecule has 25 heavy (non-hydrogen) atoms. The molecule has 1 heterocycles. The number of amides is 1. The maximum absolute atomic E-state index is 12.2. The van der Waals surface area contributed by atoms with Gasteiger partial charge in [0, 0.05) is 6.54 Å². The number of aliphatic carboxylic acids is 1. The molecule has 0 radical (unpaired) electrons. The summed E-state index contributed by atoms with van der Waals surface area (Å²) in [6, 6.07) is 7.36. The summed E-state index contributed by atoms with van der Waals surface area (Å²) in [6.45, 7) is 5.86. The van der Waals surface area contributed by atoms with Gasteiger partial charge in [0.1, 0.15) is 5.75 Å². The summed E-state index contributed by atoms with van der Waals surface area (Å²) in [5.41, 5.74) is 1.63. The second-order valence-electron chi connectivity index (χ2n) is 5.71. The van der Waals surface area contributed by atoms with E-state index in [2.05, 4.69) is 15.6 Å². The number of carbonyl (C=O) groups is 2. The lowest BCUT2D eigenvalue weighted by molar-refractivity contribution is -0.136. The molecule has 8 heteroatoms. The number of carboxylic acid groups (broad SMARTS) is 1. The molecular weight excluding hydrogens is 324 g/mol. The lowest BCUT2D eigenvalue weighted by Gasteiger charge is -2.11. The van der Waals surface area contributed by atoms with Crippen molar-refractivity contribution < 1.29 is 19.4 Å². The first-order chi connectivity index (χ1) is 11.9. The first-order valence-electron chi connectivity index (χ1n) is 8.14. The highest BCUT2D eigenvalue weighted by Gasteiger charge is 2.19. The second kappa shape index (κ2) is 8.27. The number of nitrogens with one attached hydrogen (secondary N) is 1. The summed E-state index contributed by atoms with van der Waals surface area (Å²) in [5, 5.41) is 19.2. The molecule has 0 aliphatic carbocycles. The second-order valence-corrected chi connectivity index (χ2v) is 5.71. The third-order valence-corrected chi connectivity index (χ3v) is 3.39. The Morgan fingerprint density at radius 2 is 1.96 bits per heavy atom. The Bertz CT molecular complexity index is 738. The molecule has 8 nitrogen and oxygen atoms in total. The molecule has 0 aliphatic rings. The summed E-state index contributed by atoms with van der Waals surface area (Å²) in [7, 11) is 0. The van der Waals surface area contributed by atoms with Gasteiger partial charge >= 0.3 is 5.97 Å². The monoisotopic (exact) mass is 346 g/mol. The molecule has 2 aromatic rings. The van der Waals surface area contributed by atoms with Crippen molar-refractivity contribution in [2.24, 2.45) is 0 Å². The van der Waals surface area contributed by atoms with Crippen molar-refractivity contribution in [2.45, 2.75) is 39.7 Å². The topological polar surface area (TPSA) is 106 Å². The quantitative estimate of drug-likeness (QED) is 0.755. The average molecular weight is 346 g/mol. The molecule has 0 atom stereocenters. The highest BCUT2D eigenvalue weighted by molar-refractivity contribution is 5.93. The van der Waals surface area contributed by atoms with Gasteiger partial charge in [-0.25, -0.2) is 4.68 Å². The zero-order valence-electron chi connectivity index (χ0n) is 14.5. The number of benzene rings is 1. The molecule has 0 aliphatic heterocycles. The highest BCUT2D eigenvalue weighted by atomic mass is 16.5. The largest absolute Gasteiger partial charge is 0.491 e. The predicted molar refractivity (Wildman–Crippen MR) is 91.1 cm³/mol. The normalized spacial score (nSPS) is 10.7. The van der Waals surface area contributed by atoms with E-state index < -0.39 is 11.9 Å². The fraction of sp³-hybridized carbons (Fsp3) is 0.412. The van der Waals surface area contributed by atoms with Gasteiger partial charge in [0.25, 0.3) is 5.91 Å². The maximum Gasteiger partial charge on any atom is 0.305 e. The first kappa shape index (κ1) is 18.4. The number of hydrogen-bond donors (Lipinski definition) is 2. The van der Waals surface area contributed by atoms with Crippen LogP contribution in [0.2, 0.25) is 0 Å². The van der Waals surface area contributed by atoms with Crippen LogP contribution in [0.5, 0.6) is 5.75 Å². The Kier molecular flexibility index (Phi) is 6.10. The van der Waals surface area contributed by atoms with Crippen molar-refractivity contribution in [3.8, 4) is 11.4 Å². The number of ether oxygens (including phenoxy) is 1. The fourth-order valence-electron chi connectivity index (χ4n) is 2.31. The zero-order valence-corrected chi connectivity index (χ0v) is 14.5. The number of nitrogens with zero attached hydrogens (tertiary/aromatic N) is 3. The third-order valence-electron chi connectivity index (χ3n) is 3.39. The van der Waals surface area contributed by atoms with Crippen molar-refractivity contribution in [1.29, 1.82) is 0 Å². The van der Waals surface area contributed by atoms with Gasteiger partial charge in [0.15, 0.2) is 5.69 Å². The van der Waals surface area contributed by atoms with Crippen LogP contribution in [0.3, 0.4) is 0 Å². The zero-order chi connectivity index (χ0) is 18.4. The minimum absolute atomic E-state index is 0.0470. The van der Waals surface area contributed by atoms with Crippen molar-refractivity contribution >= 4 is 11.9 Å². The summed E-state index contributed by atoms with van der Waals surface area (Å²) >= 11 is 0.